The molecule has 1 aliphatic heterocycles. The van der Waals surface area contributed by atoms with Gasteiger partial charge in [-0.05, 0) is 49.2 Å². The lowest BCUT2D eigenvalue weighted by Gasteiger charge is -2.33. The Morgan fingerprint density at radius 1 is 1.05 bits per heavy atom. The first-order valence-corrected chi connectivity index (χ1v) is 7.12. The largest absolute Gasteiger partial charge is 0.374 e. The molecule has 0 radical (unpaired) electrons. The number of nitrogens with zero attached hydrogens (tertiary/aromatic N) is 1. The highest BCUT2D eigenvalue weighted by atomic mass is 19.1. The molecule has 0 bridgehead atoms. The summed E-state index contributed by atoms with van der Waals surface area (Å²) in [5.74, 6) is -0.210. The molecule has 1 N–H and O–H groups in total. The van der Waals surface area contributed by atoms with Crippen molar-refractivity contribution in [2.24, 2.45) is 0 Å². The predicted octanol–water partition coefficient (Wildman–Crippen LogP) is 3.43. The van der Waals surface area contributed by atoms with E-state index in [-0.39, 0.29) is 17.8 Å². The smallest absolute Gasteiger partial charge is 0.249 e. The molecule has 1 fully saturated rings. The highest BCUT2D eigenvalue weighted by Crippen LogP contribution is 2.23. The molecule has 1 amide bonds. The lowest BCUT2D eigenvalue weighted by Crippen LogP contribution is -2.47. The predicted molar refractivity (Wildman–Crippen MR) is 81.8 cm³/mol. The first-order valence-electron chi connectivity index (χ1n) is 7.12. The van der Waals surface area contributed by atoms with Gasteiger partial charge in [-0.15, -0.1) is 0 Å². The van der Waals surface area contributed by atoms with Gasteiger partial charge in [-0.2, -0.15) is 0 Å². The van der Waals surface area contributed by atoms with Gasteiger partial charge in [-0.25, -0.2) is 4.39 Å². The van der Waals surface area contributed by atoms with Crippen molar-refractivity contribution < 1.29 is 9.18 Å². The summed E-state index contributed by atoms with van der Waals surface area (Å²) in [5, 5.41) is 3.20. The Morgan fingerprint density at radius 3 is 2.48 bits per heavy atom. The fourth-order valence-corrected chi connectivity index (χ4v) is 2.62. The molecule has 0 spiro atoms. The molecule has 3 rings (SSSR count). The van der Waals surface area contributed by atoms with Crippen molar-refractivity contribution in [1.82, 2.24) is 0 Å². The molecule has 1 unspecified atom stereocenters. The van der Waals surface area contributed by atoms with Gasteiger partial charge in [0.25, 0.3) is 0 Å². The molecule has 108 valence electrons. The minimum atomic E-state index is -0.276. The van der Waals surface area contributed by atoms with Gasteiger partial charge in [0.2, 0.25) is 5.91 Å². The number of halogens is 1. The maximum Gasteiger partial charge on any atom is 0.249 e. The van der Waals surface area contributed by atoms with Crippen LogP contribution in [0.3, 0.4) is 0 Å². The number of hydrogen-bond acceptors (Lipinski definition) is 2. The standard InChI is InChI=1S/C17H17FN2O/c18-13-8-10-14(11-9-13)19-16-7-4-12-20(17(16)21)15-5-2-1-3-6-15/h1-3,5-6,8-11,16,19H,4,7,12H2. The van der Waals surface area contributed by atoms with Crippen LogP contribution in [0.25, 0.3) is 0 Å². The van der Waals surface area contributed by atoms with Crippen molar-refractivity contribution in [3.05, 3.63) is 60.4 Å². The third-order valence-electron chi connectivity index (χ3n) is 3.69. The van der Waals surface area contributed by atoms with E-state index < -0.39 is 0 Å². The summed E-state index contributed by atoms with van der Waals surface area (Å²) < 4.78 is 12.9. The van der Waals surface area contributed by atoms with E-state index in [9.17, 15) is 9.18 Å². The molecule has 0 saturated carbocycles. The molecule has 21 heavy (non-hydrogen) atoms. The lowest BCUT2D eigenvalue weighted by atomic mass is 10.0. The van der Waals surface area contributed by atoms with Gasteiger partial charge in [0.1, 0.15) is 11.9 Å². The monoisotopic (exact) mass is 284 g/mol. The van der Waals surface area contributed by atoms with E-state index in [0.29, 0.717) is 0 Å². The number of amides is 1. The van der Waals surface area contributed by atoms with Crippen LogP contribution in [-0.4, -0.2) is 18.5 Å². The van der Waals surface area contributed by atoms with Gasteiger partial charge >= 0.3 is 0 Å². The second-order valence-electron chi connectivity index (χ2n) is 5.17. The number of hydrogen-bond donors (Lipinski definition) is 1. The van der Waals surface area contributed by atoms with Crippen LogP contribution in [-0.2, 0) is 4.79 Å². The maximum absolute atomic E-state index is 12.9. The molecular weight excluding hydrogens is 267 g/mol. The molecule has 3 nitrogen and oxygen atoms in total. The van der Waals surface area contributed by atoms with Gasteiger partial charge in [0, 0.05) is 17.9 Å². The van der Waals surface area contributed by atoms with Crippen molar-refractivity contribution in [2.45, 2.75) is 18.9 Å². The Labute approximate surface area is 123 Å². The van der Waals surface area contributed by atoms with Crippen LogP contribution in [0.15, 0.2) is 54.6 Å². The first-order chi connectivity index (χ1) is 10.2. The van der Waals surface area contributed by atoms with Crippen LogP contribution in [0.2, 0.25) is 0 Å². The number of carbonyl (C=O) groups is 1. The Kier molecular flexibility index (Phi) is 3.86. The maximum atomic E-state index is 12.9. The van der Waals surface area contributed by atoms with Gasteiger partial charge < -0.3 is 10.2 Å². The Bertz CT molecular complexity index is 612. The number of para-hydroxylation sites is 1. The Balaban J connectivity index is 1.74. The number of rotatable bonds is 3. The van der Waals surface area contributed by atoms with Crippen LogP contribution in [0.1, 0.15) is 12.8 Å². The van der Waals surface area contributed by atoms with Gasteiger partial charge in [0.15, 0.2) is 0 Å². The second kappa shape index (κ2) is 5.95. The second-order valence-corrected chi connectivity index (χ2v) is 5.17. The molecule has 1 heterocycles. The van der Waals surface area contributed by atoms with Crippen LogP contribution >= 0.6 is 0 Å². The van der Waals surface area contributed by atoms with Crippen molar-refractivity contribution in [1.29, 1.82) is 0 Å². The SMILES string of the molecule is O=C1C(Nc2ccc(F)cc2)CCCN1c1ccccc1. The average Bonchev–Trinajstić information content (AvgIpc) is 2.52. The van der Waals surface area contributed by atoms with E-state index in [1.165, 1.54) is 12.1 Å². The third-order valence-corrected chi connectivity index (χ3v) is 3.69. The van der Waals surface area contributed by atoms with Crippen LogP contribution in [0.4, 0.5) is 15.8 Å². The van der Waals surface area contributed by atoms with Crippen molar-refractivity contribution >= 4 is 17.3 Å². The summed E-state index contributed by atoms with van der Waals surface area (Å²) in [6.45, 7) is 0.741. The van der Waals surface area contributed by atoms with E-state index in [4.69, 9.17) is 0 Å². The minimum absolute atomic E-state index is 0.0665. The molecule has 0 aromatic heterocycles. The van der Waals surface area contributed by atoms with E-state index in [1.807, 2.05) is 35.2 Å². The highest BCUT2D eigenvalue weighted by molar-refractivity contribution is 5.99. The zero-order chi connectivity index (χ0) is 14.7. The van der Waals surface area contributed by atoms with E-state index in [1.54, 1.807) is 12.1 Å². The third kappa shape index (κ3) is 3.05. The fraction of sp³-hybridized carbons (Fsp3) is 0.235. The summed E-state index contributed by atoms with van der Waals surface area (Å²) in [7, 11) is 0. The van der Waals surface area contributed by atoms with E-state index in [2.05, 4.69) is 5.32 Å². The topological polar surface area (TPSA) is 32.3 Å². The molecule has 2 aromatic rings. The summed E-state index contributed by atoms with van der Waals surface area (Å²) in [4.78, 5) is 14.4. The lowest BCUT2D eigenvalue weighted by molar-refractivity contribution is -0.120. The average molecular weight is 284 g/mol. The summed E-state index contributed by atoms with van der Waals surface area (Å²) >= 11 is 0. The van der Waals surface area contributed by atoms with Gasteiger partial charge in [-0.3, -0.25) is 4.79 Å². The van der Waals surface area contributed by atoms with Crippen molar-refractivity contribution in [3.8, 4) is 0 Å². The molecule has 4 heteroatoms. The van der Waals surface area contributed by atoms with Gasteiger partial charge in [0.05, 0.1) is 0 Å². The van der Waals surface area contributed by atoms with Gasteiger partial charge in [-0.1, -0.05) is 18.2 Å². The number of carbonyl (C=O) groups excluding carboxylic acids is 1. The molecular formula is C17H17FN2O. The van der Waals surface area contributed by atoms with E-state index in [0.717, 1.165) is 30.8 Å². The number of anilines is 2. The van der Waals surface area contributed by atoms with Crippen LogP contribution in [0.5, 0.6) is 0 Å². The molecule has 1 atom stereocenters. The number of piperidine rings is 1. The highest BCUT2D eigenvalue weighted by Gasteiger charge is 2.29. The van der Waals surface area contributed by atoms with Crippen molar-refractivity contribution in [2.75, 3.05) is 16.8 Å². The normalized spacial score (nSPS) is 18.6. The summed E-state index contributed by atoms with van der Waals surface area (Å²) in [6.07, 6.45) is 1.74. The molecule has 2 aromatic carbocycles. The van der Waals surface area contributed by atoms with Crippen molar-refractivity contribution in [3.63, 3.8) is 0 Å². The molecule has 0 aliphatic carbocycles. The zero-order valence-corrected chi connectivity index (χ0v) is 11.6. The molecule has 1 aliphatic rings. The zero-order valence-electron chi connectivity index (χ0n) is 11.6. The minimum Gasteiger partial charge on any atom is -0.374 e. The van der Waals surface area contributed by atoms with Crippen LogP contribution < -0.4 is 10.2 Å². The number of benzene rings is 2. The summed E-state index contributed by atoms with van der Waals surface area (Å²) in [5.41, 5.74) is 1.69. The first kappa shape index (κ1) is 13.6. The quantitative estimate of drug-likeness (QED) is 0.936. The van der Waals surface area contributed by atoms with E-state index >= 15 is 0 Å². The number of nitrogens with one attached hydrogen (secondary N) is 1. The molecule has 1 saturated heterocycles. The van der Waals surface area contributed by atoms with Crippen LogP contribution in [0, 0.1) is 5.82 Å². The Morgan fingerprint density at radius 2 is 1.76 bits per heavy atom. The Hall–Kier alpha value is -2.36. The fourth-order valence-electron chi connectivity index (χ4n) is 2.62. The summed E-state index contributed by atoms with van der Waals surface area (Å²) in [6, 6.07) is 15.5.